The number of hydrogen-bond acceptors (Lipinski definition) is 2. The van der Waals surface area contributed by atoms with Gasteiger partial charge in [-0.25, -0.2) is 9.18 Å². The van der Waals surface area contributed by atoms with Gasteiger partial charge in [0.2, 0.25) is 0 Å². The van der Waals surface area contributed by atoms with E-state index in [1.807, 2.05) is 13.0 Å². The molecular formula is C15H16FN3O. The van der Waals surface area contributed by atoms with E-state index in [-0.39, 0.29) is 11.8 Å². The van der Waals surface area contributed by atoms with E-state index in [9.17, 15) is 9.18 Å². The van der Waals surface area contributed by atoms with E-state index in [4.69, 9.17) is 5.73 Å². The van der Waals surface area contributed by atoms with Gasteiger partial charge < -0.3 is 16.4 Å². The van der Waals surface area contributed by atoms with Crippen LogP contribution in [0.4, 0.5) is 20.6 Å². The van der Waals surface area contributed by atoms with Crippen LogP contribution in [0.15, 0.2) is 42.5 Å². The van der Waals surface area contributed by atoms with Gasteiger partial charge in [-0.2, -0.15) is 0 Å². The maximum Gasteiger partial charge on any atom is 0.319 e. The van der Waals surface area contributed by atoms with Gasteiger partial charge >= 0.3 is 6.03 Å². The molecule has 0 bridgehead atoms. The van der Waals surface area contributed by atoms with Crippen LogP contribution in [0.1, 0.15) is 11.1 Å². The molecule has 4 nitrogen and oxygen atoms in total. The van der Waals surface area contributed by atoms with Crippen molar-refractivity contribution in [2.75, 3.05) is 11.1 Å². The van der Waals surface area contributed by atoms with Crippen LogP contribution in [0.3, 0.4) is 0 Å². The smallest absolute Gasteiger partial charge is 0.319 e. The number of anilines is 2. The molecule has 0 aliphatic carbocycles. The summed E-state index contributed by atoms with van der Waals surface area (Å²) < 4.78 is 12.7. The van der Waals surface area contributed by atoms with Gasteiger partial charge in [-0.3, -0.25) is 0 Å². The fourth-order valence-electron chi connectivity index (χ4n) is 1.73. The monoisotopic (exact) mass is 273 g/mol. The maximum absolute atomic E-state index is 12.7. The molecule has 0 aliphatic heterocycles. The van der Waals surface area contributed by atoms with Crippen molar-refractivity contribution in [2.24, 2.45) is 0 Å². The van der Waals surface area contributed by atoms with Crippen molar-refractivity contribution < 1.29 is 9.18 Å². The zero-order valence-corrected chi connectivity index (χ0v) is 11.1. The van der Waals surface area contributed by atoms with Gasteiger partial charge in [-0.05, 0) is 42.3 Å². The van der Waals surface area contributed by atoms with Crippen molar-refractivity contribution in [3.05, 3.63) is 59.4 Å². The zero-order valence-electron chi connectivity index (χ0n) is 11.1. The first-order chi connectivity index (χ1) is 9.54. The van der Waals surface area contributed by atoms with E-state index in [0.29, 0.717) is 17.9 Å². The summed E-state index contributed by atoms with van der Waals surface area (Å²) in [4.78, 5) is 11.8. The quantitative estimate of drug-likeness (QED) is 0.752. The molecule has 2 rings (SSSR count). The summed E-state index contributed by atoms with van der Waals surface area (Å²) in [5, 5.41) is 5.37. The van der Waals surface area contributed by atoms with Crippen LogP contribution in [0.2, 0.25) is 0 Å². The Kier molecular flexibility index (Phi) is 4.20. The SMILES string of the molecule is Cc1ccc(N)c(NC(=O)NCc2ccc(F)cc2)c1. The van der Waals surface area contributed by atoms with E-state index in [0.717, 1.165) is 11.1 Å². The lowest BCUT2D eigenvalue weighted by Gasteiger charge is -2.10. The molecular weight excluding hydrogens is 257 g/mol. The summed E-state index contributed by atoms with van der Waals surface area (Å²) in [6, 6.07) is 11.0. The largest absolute Gasteiger partial charge is 0.397 e. The minimum atomic E-state index is -0.355. The predicted octanol–water partition coefficient (Wildman–Crippen LogP) is 3.04. The molecule has 0 saturated carbocycles. The van der Waals surface area contributed by atoms with Crippen molar-refractivity contribution in [3.8, 4) is 0 Å². The van der Waals surface area contributed by atoms with Crippen LogP contribution in [0.25, 0.3) is 0 Å². The highest BCUT2D eigenvalue weighted by Gasteiger charge is 2.05. The van der Waals surface area contributed by atoms with Crippen LogP contribution >= 0.6 is 0 Å². The molecule has 0 saturated heterocycles. The number of hydrogen-bond donors (Lipinski definition) is 3. The van der Waals surface area contributed by atoms with E-state index in [1.54, 1.807) is 24.3 Å². The molecule has 0 fully saturated rings. The van der Waals surface area contributed by atoms with E-state index >= 15 is 0 Å². The number of halogens is 1. The fourth-order valence-corrected chi connectivity index (χ4v) is 1.73. The number of benzene rings is 2. The third kappa shape index (κ3) is 3.71. The number of carbonyl (C=O) groups is 1. The highest BCUT2D eigenvalue weighted by molar-refractivity contribution is 5.92. The van der Waals surface area contributed by atoms with Crippen molar-refractivity contribution in [1.82, 2.24) is 5.32 Å². The second kappa shape index (κ2) is 6.06. The Bertz CT molecular complexity index is 611. The Morgan fingerprint density at radius 3 is 2.60 bits per heavy atom. The van der Waals surface area contributed by atoms with Gasteiger partial charge in [0.05, 0.1) is 11.4 Å². The molecule has 0 aromatic heterocycles. The van der Waals surface area contributed by atoms with E-state index in [1.165, 1.54) is 12.1 Å². The molecule has 0 aliphatic rings. The number of urea groups is 1. The second-order valence-electron chi connectivity index (χ2n) is 4.52. The number of aryl methyl sites for hydroxylation is 1. The average Bonchev–Trinajstić information content (AvgIpc) is 2.42. The van der Waals surface area contributed by atoms with Crippen LogP contribution in [-0.4, -0.2) is 6.03 Å². The number of carbonyl (C=O) groups excluding carboxylic acids is 1. The summed E-state index contributed by atoms with van der Waals surface area (Å²) in [6.45, 7) is 2.23. The van der Waals surface area contributed by atoms with Gasteiger partial charge in [-0.1, -0.05) is 18.2 Å². The molecule has 2 aromatic carbocycles. The lowest BCUT2D eigenvalue weighted by molar-refractivity contribution is 0.252. The zero-order chi connectivity index (χ0) is 14.5. The first kappa shape index (κ1) is 13.9. The van der Waals surface area contributed by atoms with Gasteiger partial charge in [0.1, 0.15) is 5.82 Å². The highest BCUT2D eigenvalue weighted by Crippen LogP contribution is 2.19. The molecule has 0 radical (unpaired) electrons. The van der Waals surface area contributed by atoms with Crippen molar-refractivity contribution in [3.63, 3.8) is 0 Å². The molecule has 0 atom stereocenters. The molecule has 0 heterocycles. The summed E-state index contributed by atoms with van der Waals surface area (Å²) in [6.07, 6.45) is 0. The fraction of sp³-hybridized carbons (Fsp3) is 0.133. The molecule has 4 N–H and O–H groups in total. The van der Waals surface area contributed by atoms with E-state index in [2.05, 4.69) is 10.6 Å². The van der Waals surface area contributed by atoms with Gasteiger partial charge in [0.25, 0.3) is 0 Å². The molecule has 104 valence electrons. The number of rotatable bonds is 3. The minimum Gasteiger partial charge on any atom is -0.397 e. The number of nitrogens with one attached hydrogen (secondary N) is 2. The minimum absolute atomic E-state index is 0.300. The Morgan fingerprint density at radius 1 is 1.20 bits per heavy atom. The third-order valence-corrected chi connectivity index (χ3v) is 2.82. The molecule has 5 heteroatoms. The van der Waals surface area contributed by atoms with Gasteiger partial charge in [-0.15, -0.1) is 0 Å². The topological polar surface area (TPSA) is 67.1 Å². The average molecular weight is 273 g/mol. The number of amides is 2. The summed E-state index contributed by atoms with van der Waals surface area (Å²) in [7, 11) is 0. The lowest BCUT2D eigenvalue weighted by Crippen LogP contribution is -2.28. The van der Waals surface area contributed by atoms with Crippen molar-refractivity contribution in [1.29, 1.82) is 0 Å². The number of nitrogen functional groups attached to an aromatic ring is 1. The summed E-state index contributed by atoms with van der Waals surface area (Å²) >= 11 is 0. The van der Waals surface area contributed by atoms with Gasteiger partial charge in [0, 0.05) is 6.54 Å². The Morgan fingerprint density at radius 2 is 1.90 bits per heavy atom. The first-order valence-electron chi connectivity index (χ1n) is 6.20. The van der Waals surface area contributed by atoms with E-state index < -0.39 is 0 Å². The van der Waals surface area contributed by atoms with Crippen LogP contribution < -0.4 is 16.4 Å². The molecule has 0 unspecified atom stereocenters. The standard InChI is InChI=1S/C15H16FN3O/c1-10-2-7-13(17)14(8-10)19-15(20)18-9-11-3-5-12(16)6-4-11/h2-8H,9,17H2,1H3,(H2,18,19,20). The molecule has 0 spiro atoms. The predicted molar refractivity (Wildman–Crippen MR) is 77.8 cm³/mol. The van der Waals surface area contributed by atoms with Crippen molar-refractivity contribution >= 4 is 17.4 Å². The van der Waals surface area contributed by atoms with Crippen LogP contribution in [-0.2, 0) is 6.54 Å². The Labute approximate surface area is 116 Å². The molecule has 2 amide bonds. The molecule has 2 aromatic rings. The molecule has 20 heavy (non-hydrogen) atoms. The maximum atomic E-state index is 12.7. The lowest BCUT2D eigenvalue weighted by atomic mass is 10.2. The van der Waals surface area contributed by atoms with Crippen LogP contribution in [0.5, 0.6) is 0 Å². The Balaban J connectivity index is 1.92. The highest BCUT2D eigenvalue weighted by atomic mass is 19.1. The van der Waals surface area contributed by atoms with Crippen LogP contribution in [0, 0.1) is 12.7 Å². The van der Waals surface area contributed by atoms with Crippen molar-refractivity contribution in [2.45, 2.75) is 13.5 Å². The third-order valence-electron chi connectivity index (χ3n) is 2.82. The first-order valence-corrected chi connectivity index (χ1v) is 6.20. The Hall–Kier alpha value is -2.56. The normalized spacial score (nSPS) is 10.1. The summed E-state index contributed by atoms with van der Waals surface area (Å²) in [5.41, 5.74) is 8.68. The van der Waals surface area contributed by atoms with Gasteiger partial charge in [0.15, 0.2) is 0 Å². The second-order valence-corrected chi connectivity index (χ2v) is 4.52. The summed E-state index contributed by atoms with van der Waals surface area (Å²) in [5.74, 6) is -0.300. The number of nitrogens with two attached hydrogens (primary N) is 1.